The van der Waals surface area contributed by atoms with Gasteiger partial charge in [-0.2, -0.15) is 18.4 Å². The van der Waals surface area contributed by atoms with Gasteiger partial charge in [-0.15, -0.1) is 11.8 Å². The molecule has 1 unspecified atom stereocenters. The monoisotopic (exact) mass is 309 g/mol. The first kappa shape index (κ1) is 13.4. The Morgan fingerprint density at radius 1 is 1.31 bits per heavy atom. The number of rotatable bonds is 3. The van der Waals surface area contributed by atoms with Crippen LogP contribution >= 0.6 is 27.7 Å². The summed E-state index contributed by atoms with van der Waals surface area (Å²) < 4.78 is 37.6. The molecule has 0 saturated heterocycles. The first-order valence-corrected chi connectivity index (χ1v) is 6.06. The van der Waals surface area contributed by atoms with Gasteiger partial charge in [0.25, 0.3) is 0 Å². The summed E-state index contributed by atoms with van der Waals surface area (Å²) in [6, 6.07) is 8.18. The number of nitrogens with zero attached hydrogens (tertiary/aromatic N) is 1. The van der Waals surface area contributed by atoms with E-state index < -0.39 is 12.1 Å². The first-order valence-electron chi connectivity index (χ1n) is 4.28. The molecule has 6 heteroatoms. The van der Waals surface area contributed by atoms with Gasteiger partial charge in [-0.3, -0.25) is 0 Å². The summed E-state index contributed by atoms with van der Waals surface area (Å²) in [5, 5.41) is 8.39. The fourth-order valence-electron chi connectivity index (χ4n) is 0.915. The molecule has 0 aliphatic heterocycles. The molecule has 16 heavy (non-hydrogen) atoms. The van der Waals surface area contributed by atoms with Crippen LogP contribution in [0.25, 0.3) is 0 Å². The molecule has 0 aromatic heterocycles. The van der Waals surface area contributed by atoms with E-state index in [1.165, 1.54) is 6.07 Å². The molecule has 0 aliphatic carbocycles. The van der Waals surface area contributed by atoms with Gasteiger partial charge >= 0.3 is 6.18 Å². The number of alkyl halides is 3. The minimum atomic E-state index is -4.45. The quantitative estimate of drug-likeness (QED) is 0.780. The van der Waals surface area contributed by atoms with Crippen LogP contribution < -0.4 is 0 Å². The summed E-state index contributed by atoms with van der Waals surface area (Å²) in [4.78, 5) is 0.715. The molecule has 1 aromatic rings. The van der Waals surface area contributed by atoms with Gasteiger partial charge in [-0.25, -0.2) is 0 Å². The van der Waals surface area contributed by atoms with Crippen molar-refractivity contribution in [2.24, 2.45) is 5.92 Å². The molecule has 1 atom stereocenters. The van der Waals surface area contributed by atoms with Crippen LogP contribution in [0.1, 0.15) is 0 Å². The van der Waals surface area contributed by atoms with Crippen molar-refractivity contribution in [2.45, 2.75) is 11.1 Å². The highest BCUT2D eigenvalue weighted by Gasteiger charge is 2.39. The van der Waals surface area contributed by atoms with Gasteiger partial charge < -0.3 is 0 Å². The van der Waals surface area contributed by atoms with Crippen molar-refractivity contribution in [1.82, 2.24) is 0 Å². The van der Waals surface area contributed by atoms with E-state index >= 15 is 0 Å². The van der Waals surface area contributed by atoms with Crippen LogP contribution in [-0.2, 0) is 0 Å². The summed E-state index contributed by atoms with van der Waals surface area (Å²) in [7, 11) is 0. The van der Waals surface area contributed by atoms with E-state index in [-0.39, 0.29) is 5.75 Å². The fraction of sp³-hybridized carbons (Fsp3) is 0.300. The molecule has 1 rings (SSSR count). The lowest BCUT2D eigenvalue weighted by Crippen LogP contribution is -2.23. The average molecular weight is 310 g/mol. The van der Waals surface area contributed by atoms with E-state index in [9.17, 15) is 13.2 Å². The number of benzene rings is 1. The lowest BCUT2D eigenvalue weighted by molar-refractivity contribution is -0.152. The van der Waals surface area contributed by atoms with E-state index in [4.69, 9.17) is 5.26 Å². The maximum Gasteiger partial charge on any atom is 0.405 e. The molecule has 0 N–H and O–H groups in total. The third-order valence-electron chi connectivity index (χ3n) is 1.78. The fourth-order valence-corrected chi connectivity index (χ4v) is 2.13. The zero-order valence-electron chi connectivity index (χ0n) is 7.96. The minimum absolute atomic E-state index is 0.276. The van der Waals surface area contributed by atoms with Gasteiger partial charge in [-0.05, 0) is 24.3 Å². The number of halogens is 4. The summed E-state index contributed by atoms with van der Waals surface area (Å²) in [6.07, 6.45) is -4.45. The molecule has 1 nitrogen and oxygen atoms in total. The molecule has 0 radical (unpaired) electrons. The Labute approximate surface area is 104 Å². The Kier molecular flexibility index (Phi) is 4.69. The molecule has 86 valence electrons. The number of hydrogen-bond acceptors (Lipinski definition) is 2. The lowest BCUT2D eigenvalue weighted by atomic mass is 10.2. The minimum Gasteiger partial charge on any atom is -0.198 e. The SMILES string of the molecule is N#CC(CSc1ccc(Br)cc1)C(F)(F)F. The molecular weight excluding hydrogens is 303 g/mol. The Morgan fingerprint density at radius 3 is 2.31 bits per heavy atom. The highest BCUT2D eigenvalue weighted by atomic mass is 79.9. The second-order valence-corrected chi connectivity index (χ2v) is 5.00. The molecule has 0 saturated carbocycles. The first-order chi connectivity index (χ1) is 7.43. The Balaban J connectivity index is 2.57. The highest BCUT2D eigenvalue weighted by molar-refractivity contribution is 9.10. The lowest BCUT2D eigenvalue weighted by Gasteiger charge is -2.12. The summed E-state index contributed by atoms with van der Waals surface area (Å²) >= 11 is 4.25. The molecule has 0 fully saturated rings. The van der Waals surface area contributed by atoms with Crippen LogP contribution in [0.2, 0.25) is 0 Å². The van der Waals surface area contributed by atoms with Gasteiger partial charge in [0.1, 0.15) is 0 Å². The molecule has 1 aromatic carbocycles. The van der Waals surface area contributed by atoms with Crippen LogP contribution in [-0.4, -0.2) is 11.9 Å². The van der Waals surface area contributed by atoms with Gasteiger partial charge in [0.2, 0.25) is 0 Å². The van der Waals surface area contributed by atoms with Crippen molar-refractivity contribution in [1.29, 1.82) is 5.26 Å². The van der Waals surface area contributed by atoms with Gasteiger partial charge in [0.05, 0.1) is 6.07 Å². The van der Waals surface area contributed by atoms with Crippen LogP contribution in [0.4, 0.5) is 13.2 Å². The van der Waals surface area contributed by atoms with Crippen molar-refractivity contribution in [3.8, 4) is 6.07 Å². The normalized spacial score (nSPS) is 13.2. The largest absolute Gasteiger partial charge is 0.405 e. The highest BCUT2D eigenvalue weighted by Crippen LogP contribution is 2.31. The van der Waals surface area contributed by atoms with Crippen LogP contribution in [0.15, 0.2) is 33.6 Å². The van der Waals surface area contributed by atoms with E-state index in [1.807, 2.05) is 0 Å². The third-order valence-corrected chi connectivity index (χ3v) is 3.42. The van der Waals surface area contributed by atoms with Crippen molar-refractivity contribution in [2.75, 3.05) is 5.75 Å². The maximum atomic E-state index is 12.2. The summed E-state index contributed by atoms with van der Waals surface area (Å²) in [6.45, 7) is 0. The third kappa shape index (κ3) is 4.06. The van der Waals surface area contributed by atoms with Crippen LogP contribution in [0, 0.1) is 17.2 Å². The second-order valence-electron chi connectivity index (χ2n) is 2.99. The number of hydrogen-bond donors (Lipinski definition) is 0. The smallest absolute Gasteiger partial charge is 0.198 e. The van der Waals surface area contributed by atoms with Gasteiger partial charge in [0.15, 0.2) is 5.92 Å². The van der Waals surface area contributed by atoms with Crippen molar-refractivity contribution < 1.29 is 13.2 Å². The molecule has 0 amide bonds. The average Bonchev–Trinajstić information content (AvgIpc) is 2.19. The second kappa shape index (κ2) is 5.60. The zero-order chi connectivity index (χ0) is 12.2. The van der Waals surface area contributed by atoms with Crippen LogP contribution in [0.5, 0.6) is 0 Å². The molecular formula is C10H7BrF3NS. The van der Waals surface area contributed by atoms with Crippen molar-refractivity contribution in [3.63, 3.8) is 0 Å². The predicted octanol–water partition coefficient (Wildman–Crippen LogP) is 4.24. The summed E-state index contributed by atoms with van der Waals surface area (Å²) in [5.74, 6) is -2.19. The van der Waals surface area contributed by atoms with E-state index in [2.05, 4.69) is 15.9 Å². The predicted molar refractivity (Wildman–Crippen MR) is 60.0 cm³/mol. The Hall–Kier alpha value is -0.670. The molecule has 0 aliphatic rings. The zero-order valence-corrected chi connectivity index (χ0v) is 10.4. The topological polar surface area (TPSA) is 23.8 Å². The van der Waals surface area contributed by atoms with E-state index in [1.54, 1.807) is 24.3 Å². The van der Waals surface area contributed by atoms with Gasteiger partial charge in [-0.1, -0.05) is 15.9 Å². The Bertz CT molecular complexity index is 383. The van der Waals surface area contributed by atoms with E-state index in [0.29, 0.717) is 4.90 Å². The molecule has 0 spiro atoms. The van der Waals surface area contributed by atoms with Crippen molar-refractivity contribution in [3.05, 3.63) is 28.7 Å². The van der Waals surface area contributed by atoms with Gasteiger partial charge in [0, 0.05) is 15.1 Å². The van der Waals surface area contributed by atoms with Crippen LogP contribution in [0.3, 0.4) is 0 Å². The summed E-state index contributed by atoms with van der Waals surface area (Å²) in [5.41, 5.74) is 0. The molecule has 0 heterocycles. The molecule has 0 bridgehead atoms. The standard InChI is InChI=1S/C10H7BrF3NS/c11-8-1-3-9(4-2-8)16-6-7(5-15)10(12,13)14/h1-4,7H,6H2. The number of nitriles is 1. The van der Waals surface area contributed by atoms with E-state index in [0.717, 1.165) is 16.2 Å². The van der Waals surface area contributed by atoms with Crippen molar-refractivity contribution >= 4 is 27.7 Å². The maximum absolute atomic E-state index is 12.2. The number of thioether (sulfide) groups is 1. The Morgan fingerprint density at radius 2 is 1.88 bits per heavy atom.